The van der Waals surface area contributed by atoms with Gasteiger partial charge in [-0.05, 0) is 57.0 Å². The molecule has 0 spiro atoms. The Bertz CT molecular complexity index is 1490. The second kappa shape index (κ2) is 10.3. The average Bonchev–Trinajstić information content (AvgIpc) is 2.90. The number of rotatable bonds is 6. The molecule has 1 aliphatic rings. The van der Waals surface area contributed by atoms with Crippen molar-refractivity contribution in [2.75, 3.05) is 35.6 Å². The number of carbonyl (C=O) groups excluding carboxylic acids is 3. The second-order valence-electron chi connectivity index (χ2n) is 9.79. The van der Waals surface area contributed by atoms with E-state index in [1.54, 1.807) is 75.1 Å². The quantitative estimate of drug-likeness (QED) is 0.337. The van der Waals surface area contributed by atoms with E-state index in [2.05, 4.69) is 26.7 Å². The summed E-state index contributed by atoms with van der Waals surface area (Å²) in [6.45, 7) is 8.13. The van der Waals surface area contributed by atoms with Crippen molar-refractivity contribution in [1.82, 2.24) is 15.3 Å². The van der Waals surface area contributed by atoms with E-state index >= 15 is 0 Å². The molecule has 2 heterocycles. The van der Waals surface area contributed by atoms with E-state index < -0.39 is 11.3 Å². The molecule has 1 aromatic heterocycles. The minimum atomic E-state index is -0.789. The molecule has 1 aliphatic heterocycles. The molecule has 0 aliphatic carbocycles. The number of nitrogens with one attached hydrogen (secondary N) is 2. The Hall–Kier alpha value is -4.78. The standard InChI is InChI=1S/C28H29N7O3/c1-16-8-9-20(30)23(25(37)18-6-5-7-19(13-18)28(3,4)15-29)24(16)34-26(38)21-12-17(2)32-27(33-21)35-11-10-31-22(36)14-35/h5-9,12-13H,10-11,14,30H2,1-4H3,(H,31,36)(H,34,38). The number of nitrogens with zero attached hydrogens (tertiary/aromatic N) is 4. The van der Waals surface area contributed by atoms with Crippen molar-refractivity contribution >= 4 is 34.9 Å². The number of piperazine rings is 1. The lowest BCUT2D eigenvalue weighted by Gasteiger charge is -2.27. The Kier molecular flexibility index (Phi) is 7.12. The number of nitrogens with two attached hydrogens (primary N) is 1. The van der Waals surface area contributed by atoms with Crippen molar-refractivity contribution in [2.45, 2.75) is 33.1 Å². The van der Waals surface area contributed by atoms with Crippen LogP contribution >= 0.6 is 0 Å². The first-order chi connectivity index (χ1) is 18.0. The van der Waals surface area contributed by atoms with E-state index in [-0.39, 0.29) is 46.8 Å². The van der Waals surface area contributed by atoms with E-state index in [0.717, 1.165) is 0 Å². The summed E-state index contributed by atoms with van der Waals surface area (Å²) >= 11 is 0. The third-order valence-corrected chi connectivity index (χ3v) is 6.43. The van der Waals surface area contributed by atoms with Crippen LogP contribution in [0.5, 0.6) is 0 Å². The third-order valence-electron chi connectivity index (χ3n) is 6.43. The molecule has 1 fully saturated rings. The highest BCUT2D eigenvalue weighted by Gasteiger charge is 2.26. The Morgan fingerprint density at radius 1 is 1.16 bits per heavy atom. The van der Waals surface area contributed by atoms with E-state index in [1.165, 1.54) is 0 Å². The molecule has 2 aromatic carbocycles. The number of aromatic nitrogens is 2. The minimum Gasteiger partial charge on any atom is -0.398 e. The number of carbonyl (C=O) groups is 3. The molecule has 2 amide bonds. The molecule has 0 unspecified atom stereocenters. The van der Waals surface area contributed by atoms with Gasteiger partial charge in [0.2, 0.25) is 11.9 Å². The van der Waals surface area contributed by atoms with Crippen molar-refractivity contribution in [3.8, 4) is 6.07 Å². The topological polar surface area (TPSA) is 154 Å². The molecule has 0 radical (unpaired) electrons. The maximum Gasteiger partial charge on any atom is 0.274 e. The van der Waals surface area contributed by atoms with Gasteiger partial charge in [-0.3, -0.25) is 14.4 Å². The molecule has 38 heavy (non-hydrogen) atoms. The van der Waals surface area contributed by atoms with Crippen molar-refractivity contribution in [2.24, 2.45) is 0 Å². The van der Waals surface area contributed by atoms with Crippen molar-refractivity contribution in [3.05, 3.63) is 76.1 Å². The van der Waals surface area contributed by atoms with Crippen LogP contribution in [0.15, 0.2) is 42.5 Å². The van der Waals surface area contributed by atoms with Crippen LogP contribution in [-0.2, 0) is 10.2 Å². The van der Waals surface area contributed by atoms with Gasteiger partial charge >= 0.3 is 0 Å². The molecule has 1 saturated heterocycles. The van der Waals surface area contributed by atoms with Crippen LogP contribution in [0.2, 0.25) is 0 Å². The molecular weight excluding hydrogens is 482 g/mol. The highest BCUT2D eigenvalue weighted by molar-refractivity contribution is 6.18. The number of aryl methyl sites for hydroxylation is 2. The molecule has 10 heteroatoms. The zero-order valence-electron chi connectivity index (χ0n) is 21.8. The molecule has 194 valence electrons. The Balaban J connectivity index is 1.69. The molecule has 4 N–H and O–H groups in total. The van der Waals surface area contributed by atoms with Crippen molar-refractivity contribution < 1.29 is 14.4 Å². The summed E-state index contributed by atoms with van der Waals surface area (Å²) in [6, 6.07) is 14.0. The number of hydrogen-bond acceptors (Lipinski definition) is 8. The summed E-state index contributed by atoms with van der Waals surface area (Å²) in [6.07, 6.45) is 0. The number of nitrogen functional groups attached to an aromatic ring is 1. The maximum atomic E-state index is 13.7. The van der Waals surface area contributed by atoms with Crippen LogP contribution in [0.25, 0.3) is 0 Å². The number of anilines is 3. The van der Waals surface area contributed by atoms with Crippen LogP contribution in [0, 0.1) is 25.2 Å². The first-order valence-electron chi connectivity index (χ1n) is 12.1. The van der Waals surface area contributed by atoms with Gasteiger partial charge in [-0.25, -0.2) is 9.97 Å². The van der Waals surface area contributed by atoms with Gasteiger partial charge in [-0.2, -0.15) is 5.26 Å². The monoisotopic (exact) mass is 511 g/mol. The fraction of sp³-hybridized carbons (Fsp3) is 0.286. The number of ketones is 1. The van der Waals surface area contributed by atoms with Crippen molar-refractivity contribution in [3.63, 3.8) is 0 Å². The molecule has 3 aromatic rings. The van der Waals surface area contributed by atoms with Crippen molar-refractivity contribution in [1.29, 1.82) is 5.26 Å². The zero-order chi connectivity index (χ0) is 27.6. The summed E-state index contributed by atoms with van der Waals surface area (Å²) in [5.41, 5.74) is 8.45. The van der Waals surface area contributed by atoms with Gasteiger partial charge in [0.05, 0.1) is 29.3 Å². The van der Waals surface area contributed by atoms with Crippen LogP contribution < -0.4 is 21.3 Å². The minimum absolute atomic E-state index is 0.0940. The zero-order valence-corrected chi connectivity index (χ0v) is 21.8. The first kappa shape index (κ1) is 26.3. The van der Waals surface area contributed by atoms with Gasteiger partial charge in [0, 0.05) is 30.0 Å². The van der Waals surface area contributed by atoms with E-state index in [0.29, 0.717) is 35.5 Å². The fourth-order valence-electron chi connectivity index (χ4n) is 4.18. The van der Waals surface area contributed by atoms with Gasteiger partial charge in [0.25, 0.3) is 5.91 Å². The number of amides is 2. The lowest BCUT2D eigenvalue weighted by atomic mass is 9.84. The van der Waals surface area contributed by atoms with E-state index in [1.807, 2.05) is 0 Å². The predicted octanol–water partition coefficient (Wildman–Crippen LogP) is 2.90. The molecule has 0 bridgehead atoms. The first-order valence-corrected chi connectivity index (χ1v) is 12.1. The Labute approximate surface area is 220 Å². The van der Waals surface area contributed by atoms with E-state index in [4.69, 9.17) is 5.73 Å². The van der Waals surface area contributed by atoms with Crippen LogP contribution in [0.3, 0.4) is 0 Å². The molecular formula is C28H29N7O3. The third kappa shape index (κ3) is 5.32. The van der Waals surface area contributed by atoms with Gasteiger partial charge in [-0.1, -0.05) is 24.3 Å². The lowest BCUT2D eigenvalue weighted by molar-refractivity contribution is -0.120. The Morgan fingerprint density at radius 3 is 2.63 bits per heavy atom. The van der Waals surface area contributed by atoms with Crippen LogP contribution in [0.4, 0.5) is 17.3 Å². The summed E-state index contributed by atoms with van der Waals surface area (Å²) in [5, 5.41) is 15.1. The number of benzene rings is 2. The van der Waals surface area contributed by atoms with Gasteiger partial charge in [0.1, 0.15) is 5.69 Å². The average molecular weight is 512 g/mol. The lowest BCUT2D eigenvalue weighted by Crippen LogP contribution is -2.48. The Morgan fingerprint density at radius 2 is 1.92 bits per heavy atom. The molecule has 0 atom stereocenters. The summed E-state index contributed by atoms with van der Waals surface area (Å²) in [4.78, 5) is 49.4. The highest BCUT2D eigenvalue weighted by Crippen LogP contribution is 2.31. The SMILES string of the molecule is Cc1cc(C(=O)Nc2c(C)ccc(N)c2C(=O)c2cccc(C(C)(C)C#N)c2)nc(N2CCNC(=O)C2)n1. The number of hydrogen-bond donors (Lipinski definition) is 3. The predicted molar refractivity (Wildman–Crippen MR) is 144 cm³/mol. The summed E-state index contributed by atoms with van der Waals surface area (Å²) < 4.78 is 0. The summed E-state index contributed by atoms with van der Waals surface area (Å²) in [7, 11) is 0. The molecule has 4 rings (SSSR count). The summed E-state index contributed by atoms with van der Waals surface area (Å²) in [5.74, 6) is -0.785. The second-order valence-corrected chi connectivity index (χ2v) is 9.79. The number of nitriles is 1. The van der Waals surface area contributed by atoms with Gasteiger partial charge in [-0.15, -0.1) is 0 Å². The molecule has 0 saturated carbocycles. The maximum absolute atomic E-state index is 13.7. The smallest absolute Gasteiger partial charge is 0.274 e. The van der Waals surface area contributed by atoms with Crippen LogP contribution in [-0.4, -0.2) is 47.2 Å². The van der Waals surface area contributed by atoms with E-state index in [9.17, 15) is 19.6 Å². The van der Waals surface area contributed by atoms with Gasteiger partial charge in [0.15, 0.2) is 5.78 Å². The molecule has 10 nitrogen and oxygen atoms in total. The largest absolute Gasteiger partial charge is 0.398 e. The highest BCUT2D eigenvalue weighted by atomic mass is 16.2. The van der Waals surface area contributed by atoms with Gasteiger partial charge < -0.3 is 21.3 Å². The normalized spacial score (nSPS) is 13.4. The van der Waals surface area contributed by atoms with Crippen LogP contribution in [0.1, 0.15) is 57.1 Å². The fourth-order valence-corrected chi connectivity index (χ4v) is 4.18.